The predicted octanol–water partition coefficient (Wildman–Crippen LogP) is 1.31. The zero-order valence-electron chi connectivity index (χ0n) is 12.1. The number of halogens is 2. The van der Waals surface area contributed by atoms with Gasteiger partial charge in [-0.15, -0.1) is 0 Å². The molecule has 0 N–H and O–H groups in total. The Morgan fingerprint density at radius 1 is 1.26 bits per heavy atom. The normalized spacial score (nSPS) is 15.3. The lowest BCUT2D eigenvalue weighted by atomic mass is 10.2. The van der Waals surface area contributed by atoms with Gasteiger partial charge in [-0.3, -0.25) is 4.57 Å². The molecule has 1 aromatic heterocycles. The van der Waals surface area contributed by atoms with Gasteiger partial charge in [-0.25, -0.2) is 13.6 Å². The lowest BCUT2D eigenvalue weighted by Crippen LogP contribution is -2.32. The van der Waals surface area contributed by atoms with Crippen LogP contribution in [-0.4, -0.2) is 29.2 Å². The summed E-state index contributed by atoms with van der Waals surface area (Å²) < 4.78 is 39.5. The summed E-state index contributed by atoms with van der Waals surface area (Å²) in [6.07, 6.45) is 0. The van der Waals surface area contributed by atoms with Crippen molar-refractivity contribution in [2.45, 2.75) is 13.2 Å². The highest BCUT2D eigenvalue weighted by atomic mass is 19.2. The van der Waals surface area contributed by atoms with Gasteiger partial charge in [-0.2, -0.15) is 4.98 Å². The summed E-state index contributed by atoms with van der Waals surface area (Å²) in [4.78, 5) is 18.0. The summed E-state index contributed by atoms with van der Waals surface area (Å²) >= 11 is 0. The van der Waals surface area contributed by atoms with Crippen molar-refractivity contribution in [1.29, 1.82) is 0 Å². The molecule has 8 heteroatoms. The molecule has 3 heterocycles. The first-order valence-corrected chi connectivity index (χ1v) is 7.23. The third-order valence-corrected chi connectivity index (χ3v) is 3.98. The van der Waals surface area contributed by atoms with Crippen LogP contribution in [0.2, 0.25) is 0 Å². The molecule has 0 radical (unpaired) electrons. The van der Waals surface area contributed by atoms with E-state index in [9.17, 15) is 13.6 Å². The number of rotatable bonds is 3. The molecule has 0 aliphatic carbocycles. The van der Waals surface area contributed by atoms with E-state index in [1.165, 1.54) is 16.7 Å². The molecule has 0 amide bonds. The Kier molecular flexibility index (Phi) is 3.17. The molecule has 1 aromatic carbocycles. The number of hydrogen-bond donors (Lipinski definition) is 0. The molecule has 0 bridgehead atoms. The monoisotopic (exact) mass is 321 g/mol. The van der Waals surface area contributed by atoms with Gasteiger partial charge in [0.05, 0.1) is 6.54 Å². The van der Waals surface area contributed by atoms with Crippen molar-refractivity contribution in [2.75, 3.05) is 24.6 Å². The second kappa shape index (κ2) is 5.22. The van der Waals surface area contributed by atoms with Crippen molar-refractivity contribution in [1.82, 2.24) is 9.55 Å². The Bertz CT molecular complexity index is 837. The van der Waals surface area contributed by atoms with Crippen LogP contribution in [0.5, 0.6) is 11.6 Å². The van der Waals surface area contributed by atoms with Gasteiger partial charge >= 0.3 is 5.69 Å². The molecule has 2 aromatic rings. The molecular weight excluding hydrogens is 308 g/mol. The van der Waals surface area contributed by atoms with Gasteiger partial charge < -0.3 is 14.4 Å². The summed E-state index contributed by atoms with van der Waals surface area (Å²) in [5.74, 6) is -0.883. The van der Waals surface area contributed by atoms with Crippen molar-refractivity contribution >= 4 is 5.82 Å². The first kappa shape index (κ1) is 14.0. The Morgan fingerprint density at radius 2 is 2.13 bits per heavy atom. The molecule has 23 heavy (non-hydrogen) atoms. The van der Waals surface area contributed by atoms with E-state index < -0.39 is 17.3 Å². The molecule has 0 unspecified atom stereocenters. The van der Waals surface area contributed by atoms with Gasteiger partial charge in [-0.05, 0) is 6.07 Å². The van der Waals surface area contributed by atoms with Gasteiger partial charge in [0.1, 0.15) is 13.2 Å². The Hall–Kier alpha value is -2.64. The average Bonchev–Trinajstić information content (AvgIpc) is 2.99. The number of benzene rings is 1. The zero-order valence-corrected chi connectivity index (χ0v) is 12.1. The van der Waals surface area contributed by atoms with E-state index in [1.54, 1.807) is 0 Å². The van der Waals surface area contributed by atoms with Gasteiger partial charge in [0.15, 0.2) is 17.5 Å². The molecule has 2 aliphatic heterocycles. The molecule has 4 rings (SSSR count). The van der Waals surface area contributed by atoms with Gasteiger partial charge in [-0.1, -0.05) is 12.1 Å². The maximum atomic E-state index is 13.7. The second-order valence-corrected chi connectivity index (χ2v) is 5.34. The Balaban J connectivity index is 1.68. The third-order valence-electron chi connectivity index (χ3n) is 3.98. The molecule has 6 nitrogen and oxygen atoms in total. The van der Waals surface area contributed by atoms with Crippen molar-refractivity contribution in [2.24, 2.45) is 0 Å². The Labute approximate surface area is 129 Å². The van der Waals surface area contributed by atoms with Crippen LogP contribution in [0.15, 0.2) is 23.0 Å². The summed E-state index contributed by atoms with van der Waals surface area (Å²) in [6, 6.07) is 3.84. The lowest BCUT2D eigenvalue weighted by molar-refractivity contribution is 0.242. The fourth-order valence-electron chi connectivity index (χ4n) is 2.86. The molecule has 0 saturated heterocycles. The number of ether oxygens (including phenoxy) is 2. The predicted molar refractivity (Wildman–Crippen MR) is 76.9 cm³/mol. The smallest absolute Gasteiger partial charge is 0.352 e. The summed E-state index contributed by atoms with van der Waals surface area (Å²) in [5.41, 5.74) is -0.390. The standard InChI is InChI=1S/C15H13F2N3O3/c16-10-3-1-2-9(11(10)17)8-23-13-12-14-19(6-7-22-12)4-5-20(14)15(21)18-13/h1-3H,4-8H2. The summed E-state index contributed by atoms with van der Waals surface area (Å²) in [7, 11) is 0. The van der Waals surface area contributed by atoms with Crippen molar-refractivity contribution in [3.63, 3.8) is 0 Å². The molecule has 0 spiro atoms. The minimum atomic E-state index is -0.971. The van der Waals surface area contributed by atoms with Crippen LogP contribution >= 0.6 is 0 Å². The molecule has 120 valence electrons. The van der Waals surface area contributed by atoms with Crippen LogP contribution in [0.3, 0.4) is 0 Å². The van der Waals surface area contributed by atoms with Crippen LogP contribution < -0.4 is 20.1 Å². The highest BCUT2D eigenvalue weighted by molar-refractivity contribution is 5.61. The minimum Gasteiger partial charge on any atom is -0.483 e. The molecule has 0 atom stereocenters. The number of aromatic nitrogens is 2. The molecule has 0 saturated carbocycles. The molecule has 0 fully saturated rings. The molecule has 2 aliphatic rings. The van der Waals surface area contributed by atoms with E-state index >= 15 is 0 Å². The summed E-state index contributed by atoms with van der Waals surface area (Å²) in [5, 5.41) is 0. The first-order chi connectivity index (χ1) is 11.1. The van der Waals surface area contributed by atoms with Crippen LogP contribution in [0.4, 0.5) is 14.6 Å². The Morgan fingerprint density at radius 3 is 3.00 bits per heavy atom. The van der Waals surface area contributed by atoms with E-state index in [2.05, 4.69) is 4.98 Å². The second-order valence-electron chi connectivity index (χ2n) is 5.34. The van der Waals surface area contributed by atoms with E-state index in [4.69, 9.17) is 9.47 Å². The van der Waals surface area contributed by atoms with E-state index in [1.807, 2.05) is 4.90 Å². The third kappa shape index (κ3) is 2.21. The van der Waals surface area contributed by atoms with Crippen molar-refractivity contribution in [3.05, 3.63) is 45.9 Å². The maximum absolute atomic E-state index is 13.7. The average molecular weight is 321 g/mol. The van der Waals surface area contributed by atoms with Gasteiger partial charge in [0.25, 0.3) is 5.88 Å². The van der Waals surface area contributed by atoms with Crippen LogP contribution in [0, 0.1) is 11.6 Å². The van der Waals surface area contributed by atoms with E-state index in [0.29, 0.717) is 31.3 Å². The topological polar surface area (TPSA) is 56.6 Å². The SMILES string of the molecule is O=c1nc(OCc2cccc(F)c2F)c2c3n1CCN3CCO2. The van der Waals surface area contributed by atoms with Crippen molar-refractivity contribution in [3.8, 4) is 11.6 Å². The van der Waals surface area contributed by atoms with Gasteiger partial charge in [0.2, 0.25) is 5.75 Å². The first-order valence-electron chi connectivity index (χ1n) is 7.23. The lowest BCUT2D eigenvalue weighted by Gasteiger charge is -2.27. The largest absolute Gasteiger partial charge is 0.483 e. The molecular formula is C15H13F2N3O3. The van der Waals surface area contributed by atoms with Crippen LogP contribution in [-0.2, 0) is 13.2 Å². The zero-order chi connectivity index (χ0) is 16.0. The van der Waals surface area contributed by atoms with Crippen LogP contribution in [0.1, 0.15) is 5.56 Å². The van der Waals surface area contributed by atoms with E-state index in [0.717, 1.165) is 12.6 Å². The minimum absolute atomic E-state index is 0.0107. The number of hydrogen-bond acceptors (Lipinski definition) is 5. The highest BCUT2D eigenvalue weighted by Gasteiger charge is 2.32. The van der Waals surface area contributed by atoms with Gasteiger partial charge in [0, 0.05) is 18.7 Å². The van der Waals surface area contributed by atoms with E-state index in [-0.39, 0.29) is 18.1 Å². The van der Waals surface area contributed by atoms with Crippen LogP contribution in [0.25, 0.3) is 0 Å². The number of anilines is 1. The number of nitrogens with zero attached hydrogens (tertiary/aromatic N) is 3. The summed E-state index contributed by atoms with van der Waals surface area (Å²) in [6.45, 7) is 2.17. The highest BCUT2D eigenvalue weighted by Crippen LogP contribution is 2.39. The van der Waals surface area contributed by atoms with Crippen molar-refractivity contribution < 1.29 is 18.3 Å². The fraction of sp³-hybridized carbons (Fsp3) is 0.333. The quantitative estimate of drug-likeness (QED) is 0.853. The maximum Gasteiger partial charge on any atom is 0.352 e. The fourth-order valence-corrected chi connectivity index (χ4v) is 2.86.